The molecule has 1 heterocycles. The summed E-state index contributed by atoms with van der Waals surface area (Å²) in [4.78, 5) is 14.0. The van der Waals surface area contributed by atoms with Crippen molar-refractivity contribution >= 4 is 18.1 Å². The number of aromatic nitrogens is 1. The van der Waals surface area contributed by atoms with E-state index in [0.29, 0.717) is 11.4 Å². The van der Waals surface area contributed by atoms with Crippen molar-refractivity contribution in [1.29, 1.82) is 0 Å². The number of hydrogen-bond donors (Lipinski definition) is 3. The molecule has 6 nitrogen and oxygen atoms in total. The van der Waals surface area contributed by atoms with Gasteiger partial charge in [0.2, 0.25) is 0 Å². The maximum atomic E-state index is 10.2. The highest BCUT2D eigenvalue weighted by atomic mass is 16.2. The van der Waals surface area contributed by atoms with Gasteiger partial charge in [-0.3, -0.25) is 0 Å². The largest absolute Gasteiger partial charge is 0.383 e. The Bertz CT molecular complexity index is 335. The molecule has 13 heavy (non-hydrogen) atoms. The monoisotopic (exact) mass is 179 g/mol. The van der Waals surface area contributed by atoms with Gasteiger partial charge in [-0.25, -0.2) is 15.2 Å². The first-order valence-corrected chi connectivity index (χ1v) is 3.49. The summed E-state index contributed by atoms with van der Waals surface area (Å²) in [6.07, 6.45) is 2.93. The second-order valence-corrected chi connectivity index (χ2v) is 2.21. The number of primary amides is 1. The molecule has 68 valence electrons. The average molecular weight is 179 g/mol. The number of nitrogens with zero attached hydrogens (tertiary/aromatic N) is 2. The summed E-state index contributed by atoms with van der Waals surface area (Å²) in [5.41, 5.74) is 12.9. The Hall–Kier alpha value is -2.11. The van der Waals surface area contributed by atoms with Crippen LogP contribution in [0.15, 0.2) is 23.4 Å². The van der Waals surface area contributed by atoms with Crippen LogP contribution in [0.3, 0.4) is 0 Å². The zero-order chi connectivity index (χ0) is 9.68. The smallest absolute Gasteiger partial charge is 0.332 e. The molecule has 0 fully saturated rings. The number of urea groups is 1. The second kappa shape index (κ2) is 4.05. The number of nitrogens with one attached hydrogen (secondary N) is 1. The average Bonchev–Trinajstić information content (AvgIpc) is 2.08. The highest BCUT2D eigenvalue weighted by molar-refractivity contribution is 5.86. The number of anilines is 1. The van der Waals surface area contributed by atoms with Gasteiger partial charge in [-0.1, -0.05) is 0 Å². The van der Waals surface area contributed by atoms with Gasteiger partial charge in [0, 0.05) is 11.8 Å². The second-order valence-electron chi connectivity index (χ2n) is 2.21. The summed E-state index contributed by atoms with van der Waals surface area (Å²) >= 11 is 0. The lowest BCUT2D eigenvalue weighted by Gasteiger charge is -1.96. The van der Waals surface area contributed by atoms with E-state index in [1.54, 1.807) is 18.3 Å². The van der Waals surface area contributed by atoms with E-state index in [0.717, 1.165) is 0 Å². The molecule has 0 bridgehead atoms. The lowest BCUT2D eigenvalue weighted by molar-refractivity contribution is 0.249. The van der Waals surface area contributed by atoms with E-state index in [4.69, 9.17) is 11.5 Å². The minimum absolute atomic E-state index is 0.345. The summed E-state index contributed by atoms with van der Waals surface area (Å²) in [5.74, 6) is 0.345. The molecule has 1 aromatic rings. The first kappa shape index (κ1) is 8.98. The van der Waals surface area contributed by atoms with Crippen molar-refractivity contribution in [2.45, 2.75) is 0 Å². The highest BCUT2D eigenvalue weighted by Crippen LogP contribution is 2.02. The number of hydrazone groups is 1. The Balaban J connectivity index is 2.68. The summed E-state index contributed by atoms with van der Waals surface area (Å²) < 4.78 is 0. The van der Waals surface area contributed by atoms with Crippen LogP contribution in [-0.4, -0.2) is 17.2 Å². The Morgan fingerprint density at radius 2 is 2.46 bits per heavy atom. The summed E-state index contributed by atoms with van der Waals surface area (Å²) in [7, 11) is 0. The summed E-state index contributed by atoms with van der Waals surface area (Å²) in [5, 5.41) is 3.53. The molecule has 5 N–H and O–H groups in total. The number of carbonyl (C=O) groups is 1. The van der Waals surface area contributed by atoms with Crippen LogP contribution in [0.1, 0.15) is 5.56 Å². The molecule has 0 atom stereocenters. The molecule has 1 rings (SSSR count). The van der Waals surface area contributed by atoms with E-state index in [2.05, 4.69) is 10.1 Å². The Kier molecular flexibility index (Phi) is 2.80. The van der Waals surface area contributed by atoms with Gasteiger partial charge in [-0.05, 0) is 12.1 Å². The zero-order valence-corrected chi connectivity index (χ0v) is 6.77. The van der Waals surface area contributed by atoms with Crippen molar-refractivity contribution in [1.82, 2.24) is 10.4 Å². The minimum Gasteiger partial charge on any atom is -0.383 e. The topological polar surface area (TPSA) is 106 Å². The number of hydrogen-bond acceptors (Lipinski definition) is 4. The van der Waals surface area contributed by atoms with Gasteiger partial charge in [0.15, 0.2) is 0 Å². The molecular formula is C7H9N5O. The van der Waals surface area contributed by atoms with Crippen molar-refractivity contribution in [3.8, 4) is 0 Å². The van der Waals surface area contributed by atoms with E-state index >= 15 is 0 Å². The number of rotatable bonds is 2. The molecule has 0 spiro atoms. The molecule has 0 aliphatic rings. The normalized spacial score (nSPS) is 10.2. The van der Waals surface area contributed by atoms with Crippen LogP contribution in [0.4, 0.5) is 10.6 Å². The van der Waals surface area contributed by atoms with Crippen LogP contribution >= 0.6 is 0 Å². The van der Waals surface area contributed by atoms with E-state index in [1.165, 1.54) is 6.21 Å². The third-order valence-electron chi connectivity index (χ3n) is 1.25. The molecular weight excluding hydrogens is 170 g/mol. The standard InChI is InChI=1S/C7H9N5O/c8-6-5(2-1-3-10-6)4-11-12-7(9)13/h1-4H,(H2,8,10)(H3,9,12,13)/b11-4+. The molecule has 1 aromatic heterocycles. The maximum absolute atomic E-state index is 10.2. The summed E-state index contributed by atoms with van der Waals surface area (Å²) in [6, 6.07) is 2.70. The fourth-order valence-electron chi connectivity index (χ4n) is 0.705. The van der Waals surface area contributed by atoms with Gasteiger partial charge in [-0.15, -0.1) is 0 Å². The predicted octanol–water partition coefficient (Wildman–Crippen LogP) is -0.334. The van der Waals surface area contributed by atoms with Crippen molar-refractivity contribution in [3.63, 3.8) is 0 Å². The van der Waals surface area contributed by atoms with Crippen LogP contribution in [0.5, 0.6) is 0 Å². The van der Waals surface area contributed by atoms with Crippen molar-refractivity contribution in [2.75, 3.05) is 5.73 Å². The zero-order valence-electron chi connectivity index (χ0n) is 6.77. The number of pyridine rings is 1. The molecule has 6 heteroatoms. The first-order chi connectivity index (χ1) is 6.20. The van der Waals surface area contributed by atoms with Crippen molar-refractivity contribution in [2.24, 2.45) is 10.8 Å². The van der Waals surface area contributed by atoms with E-state index in [1.807, 2.05) is 5.43 Å². The molecule has 0 saturated carbocycles. The fraction of sp³-hybridized carbons (Fsp3) is 0. The van der Waals surface area contributed by atoms with Crippen LogP contribution in [-0.2, 0) is 0 Å². The molecule has 0 aromatic carbocycles. The Morgan fingerprint density at radius 3 is 3.08 bits per heavy atom. The quantitative estimate of drug-likeness (QED) is 0.427. The van der Waals surface area contributed by atoms with Crippen LogP contribution in [0, 0.1) is 0 Å². The molecule has 0 aliphatic carbocycles. The van der Waals surface area contributed by atoms with E-state index < -0.39 is 6.03 Å². The van der Waals surface area contributed by atoms with Gasteiger partial charge in [0.05, 0.1) is 6.21 Å². The van der Waals surface area contributed by atoms with Gasteiger partial charge in [0.25, 0.3) is 0 Å². The molecule has 0 saturated heterocycles. The van der Waals surface area contributed by atoms with Crippen molar-refractivity contribution in [3.05, 3.63) is 23.9 Å². The lowest BCUT2D eigenvalue weighted by atomic mass is 10.3. The molecule has 0 unspecified atom stereocenters. The van der Waals surface area contributed by atoms with Crippen molar-refractivity contribution < 1.29 is 4.79 Å². The minimum atomic E-state index is -0.723. The maximum Gasteiger partial charge on any atom is 0.332 e. The highest BCUT2D eigenvalue weighted by Gasteiger charge is 1.93. The Labute approximate surface area is 74.6 Å². The van der Waals surface area contributed by atoms with Crippen LogP contribution in [0.2, 0.25) is 0 Å². The van der Waals surface area contributed by atoms with Crippen LogP contribution in [0.25, 0.3) is 0 Å². The molecule has 0 radical (unpaired) electrons. The Morgan fingerprint density at radius 1 is 1.69 bits per heavy atom. The third kappa shape index (κ3) is 2.78. The molecule has 2 amide bonds. The van der Waals surface area contributed by atoms with Gasteiger partial charge in [0.1, 0.15) is 5.82 Å². The van der Waals surface area contributed by atoms with Gasteiger partial charge < -0.3 is 11.5 Å². The van der Waals surface area contributed by atoms with E-state index in [-0.39, 0.29) is 0 Å². The van der Waals surface area contributed by atoms with Crippen LogP contribution < -0.4 is 16.9 Å². The fourth-order valence-corrected chi connectivity index (χ4v) is 0.705. The lowest BCUT2D eigenvalue weighted by Crippen LogP contribution is -2.24. The first-order valence-electron chi connectivity index (χ1n) is 3.49. The summed E-state index contributed by atoms with van der Waals surface area (Å²) in [6.45, 7) is 0. The van der Waals surface area contributed by atoms with Gasteiger partial charge in [-0.2, -0.15) is 5.10 Å². The molecule has 0 aliphatic heterocycles. The predicted molar refractivity (Wildman–Crippen MR) is 49.0 cm³/mol. The number of carbonyl (C=O) groups excluding carboxylic acids is 1. The number of nitrogen functional groups attached to an aromatic ring is 1. The third-order valence-corrected chi connectivity index (χ3v) is 1.25. The van der Waals surface area contributed by atoms with Gasteiger partial charge >= 0.3 is 6.03 Å². The number of amides is 2. The SMILES string of the molecule is NC(=O)N/N=C/c1cccnc1N. The number of nitrogens with two attached hydrogens (primary N) is 2. The van der Waals surface area contributed by atoms with E-state index in [9.17, 15) is 4.79 Å².